The quantitative estimate of drug-likeness (QED) is 0.879. The smallest absolute Gasteiger partial charge is 0.253 e. The number of aliphatic hydroxyl groups is 1. The normalized spacial score (nSPS) is 17.6. The fraction of sp³-hybridized carbons (Fsp3) is 0.438. The predicted octanol–water partition coefficient (Wildman–Crippen LogP) is 2.79. The van der Waals surface area contributed by atoms with E-state index in [1.54, 1.807) is 24.4 Å². The van der Waals surface area contributed by atoms with Crippen LogP contribution in [-0.2, 0) is 6.61 Å². The highest BCUT2D eigenvalue weighted by Gasteiger charge is 2.34. The Morgan fingerprint density at radius 1 is 1.38 bits per heavy atom. The van der Waals surface area contributed by atoms with Gasteiger partial charge in [0, 0.05) is 31.1 Å². The van der Waals surface area contributed by atoms with Crippen LogP contribution in [0.2, 0.25) is 0 Å². The summed E-state index contributed by atoms with van der Waals surface area (Å²) in [6.45, 7) is 3.54. The Labute approximate surface area is 138 Å². The van der Waals surface area contributed by atoms with E-state index in [4.69, 9.17) is 5.11 Å². The molecule has 0 bridgehead atoms. The minimum atomic E-state index is -2.56. The molecule has 24 heavy (non-hydrogen) atoms. The molecule has 1 aliphatic rings. The number of rotatable bonds is 5. The van der Waals surface area contributed by atoms with E-state index >= 15 is 0 Å². The third-order valence-corrected chi connectivity index (χ3v) is 4.02. The second-order valence-corrected chi connectivity index (χ2v) is 5.87. The van der Waals surface area contributed by atoms with Crippen molar-refractivity contribution in [2.24, 2.45) is 0 Å². The standard InChI is InChI=1S/C16H19F2N5O/c1-2-11-9-14(19-12-3-6-16(17,18)7-4-12)21-15(20-11)23-8-5-13(10-24)22-23/h2,5,8-9,12,24H,1,3-4,6-7,10H2,(H,19,20,21). The lowest BCUT2D eigenvalue weighted by molar-refractivity contribution is -0.0361. The fourth-order valence-electron chi connectivity index (χ4n) is 2.68. The Morgan fingerprint density at radius 3 is 2.75 bits per heavy atom. The Morgan fingerprint density at radius 2 is 2.12 bits per heavy atom. The van der Waals surface area contributed by atoms with Gasteiger partial charge in [-0.1, -0.05) is 6.58 Å². The molecule has 0 radical (unpaired) electrons. The molecule has 0 saturated heterocycles. The van der Waals surface area contributed by atoms with Crippen LogP contribution in [0.5, 0.6) is 0 Å². The predicted molar refractivity (Wildman–Crippen MR) is 86.0 cm³/mol. The molecular formula is C16H19F2N5O. The lowest BCUT2D eigenvalue weighted by atomic mass is 9.92. The van der Waals surface area contributed by atoms with Gasteiger partial charge in [0.15, 0.2) is 0 Å². The van der Waals surface area contributed by atoms with Gasteiger partial charge in [-0.3, -0.25) is 0 Å². The van der Waals surface area contributed by atoms with Gasteiger partial charge in [0.1, 0.15) is 5.82 Å². The molecule has 1 aliphatic carbocycles. The van der Waals surface area contributed by atoms with Gasteiger partial charge in [-0.25, -0.2) is 18.4 Å². The molecular weight excluding hydrogens is 316 g/mol. The SMILES string of the molecule is C=Cc1cc(NC2CCC(F)(F)CC2)nc(-n2ccc(CO)n2)n1. The first kappa shape index (κ1) is 16.5. The van der Waals surface area contributed by atoms with E-state index < -0.39 is 5.92 Å². The van der Waals surface area contributed by atoms with Gasteiger partial charge < -0.3 is 10.4 Å². The van der Waals surface area contributed by atoms with Gasteiger partial charge in [0.25, 0.3) is 5.95 Å². The average Bonchev–Trinajstić information content (AvgIpc) is 3.06. The molecule has 1 saturated carbocycles. The molecule has 128 valence electrons. The van der Waals surface area contributed by atoms with Crippen LogP contribution in [0.15, 0.2) is 24.9 Å². The Hall–Kier alpha value is -2.35. The summed E-state index contributed by atoms with van der Waals surface area (Å²) in [6, 6.07) is 3.34. The van der Waals surface area contributed by atoms with Crippen LogP contribution in [-0.4, -0.2) is 36.8 Å². The monoisotopic (exact) mass is 335 g/mol. The molecule has 2 N–H and O–H groups in total. The highest BCUT2D eigenvalue weighted by atomic mass is 19.3. The summed E-state index contributed by atoms with van der Waals surface area (Å²) in [6.07, 6.45) is 3.80. The fourth-order valence-corrected chi connectivity index (χ4v) is 2.68. The van der Waals surface area contributed by atoms with Crippen molar-refractivity contribution in [2.45, 2.75) is 44.3 Å². The zero-order valence-electron chi connectivity index (χ0n) is 13.1. The minimum absolute atomic E-state index is 0.0457. The molecule has 0 amide bonds. The van der Waals surface area contributed by atoms with Crippen molar-refractivity contribution in [3.05, 3.63) is 36.3 Å². The van der Waals surface area contributed by atoms with Crippen LogP contribution < -0.4 is 5.32 Å². The molecule has 2 heterocycles. The summed E-state index contributed by atoms with van der Waals surface area (Å²) in [5, 5.41) is 16.5. The topological polar surface area (TPSA) is 75.9 Å². The number of nitrogens with one attached hydrogen (secondary N) is 1. The molecule has 6 nitrogen and oxygen atoms in total. The first-order valence-electron chi connectivity index (χ1n) is 7.81. The van der Waals surface area contributed by atoms with Gasteiger partial charge >= 0.3 is 0 Å². The highest BCUT2D eigenvalue weighted by Crippen LogP contribution is 2.34. The summed E-state index contributed by atoms with van der Waals surface area (Å²) in [5.74, 6) is -1.68. The van der Waals surface area contributed by atoms with Crippen LogP contribution in [0.3, 0.4) is 0 Å². The van der Waals surface area contributed by atoms with Crippen molar-refractivity contribution in [3.63, 3.8) is 0 Å². The molecule has 3 rings (SSSR count). The van der Waals surface area contributed by atoms with Gasteiger partial charge in [-0.05, 0) is 25.0 Å². The maximum atomic E-state index is 13.3. The maximum absolute atomic E-state index is 13.3. The molecule has 2 aromatic heterocycles. The van der Waals surface area contributed by atoms with Crippen LogP contribution in [0, 0.1) is 0 Å². The number of alkyl halides is 2. The first-order chi connectivity index (χ1) is 11.5. The van der Waals surface area contributed by atoms with Crippen molar-refractivity contribution in [2.75, 3.05) is 5.32 Å². The molecule has 0 aliphatic heterocycles. The van der Waals surface area contributed by atoms with E-state index in [-0.39, 0.29) is 25.5 Å². The van der Waals surface area contributed by atoms with Gasteiger partial charge in [0.2, 0.25) is 5.92 Å². The first-order valence-corrected chi connectivity index (χ1v) is 7.81. The Bertz CT molecular complexity index is 721. The second kappa shape index (κ2) is 6.64. The number of hydrogen-bond acceptors (Lipinski definition) is 5. The van der Waals surface area contributed by atoms with E-state index in [9.17, 15) is 8.78 Å². The molecule has 0 atom stereocenters. The molecule has 0 spiro atoms. The number of aliphatic hydroxyl groups excluding tert-OH is 1. The number of aromatic nitrogens is 4. The molecule has 2 aromatic rings. The van der Waals surface area contributed by atoms with Crippen molar-refractivity contribution >= 4 is 11.9 Å². The summed E-state index contributed by atoms with van der Waals surface area (Å²) in [5.41, 5.74) is 1.11. The van der Waals surface area contributed by atoms with E-state index in [2.05, 4.69) is 27.0 Å². The zero-order chi connectivity index (χ0) is 17.2. The summed E-state index contributed by atoms with van der Waals surface area (Å²) >= 11 is 0. The largest absolute Gasteiger partial charge is 0.390 e. The Balaban J connectivity index is 1.80. The van der Waals surface area contributed by atoms with Crippen molar-refractivity contribution in [1.29, 1.82) is 0 Å². The third-order valence-electron chi connectivity index (χ3n) is 4.02. The minimum Gasteiger partial charge on any atom is -0.390 e. The van der Waals surface area contributed by atoms with Crippen LogP contribution >= 0.6 is 0 Å². The Kier molecular flexibility index (Phi) is 4.57. The summed E-state index contributed by atoms with van der Waals surface area (Å²) < 4.78 is 28.0. The van der Waals surface area contributed by atoms with E-state index in [1.165, 1.54) is 4.68 Å². The summed E-state index contributed by atoms with van der Waals surface area (Å²) in [4.78, 5) is 8.71. The van der Waals surface area contributed by atoms with Crippen molar-refractivity contribution < 1.29 is 13.9 Å². The van der Waals surface area contributed by atoms with Crippen molar-refractivity contribution in [1.82, 2.24) is 19.7 Å². The zero-order valence-corrected chi connectivity index (χ0v) is 13.1. The van der Waals surface area contributed by atoms with Crippen LogP contribution in [0.4, 0.5) is 14.6 Å². The second-order valence-electron chi connectivity index (χ2n) is 5.87. The van der Waals surface area contributed by atoms with E-state index in [0.29, 0.717) is 36.0 Å². The number of nitrogens with zero attached hydrogens (tertiary/aromatic N) is 4. The molecule has 0 aromatic carbocycles. The molecule has 0 unspecified atom stereocenters. The van der Waals surface area contributed by atoms with E-state index in [0.717, 1.165) is 0 Å². The number of halogens is 2. The average molecular weight is 335 g/mol. The van der Waals surface area contributed by atoms with Crippen molar-refractivity contribution in [3.8, 4) is 5.95 Å². The summed E-state index contributed by atoms with van der Waals surface area (Å²) in [7, 11) is 0. The van der Waals surface area contributed by atoms with Gasteiger partial charge in [-0.15, -0.1) is 0 Å². The van der Waals surface area contributed by atoms with Gasteiger partial charge in [-0.2, -0.15) is 10.1 Å². The third kappa shape index (κ3) is 3.76. The highest BCUT2D eigenvalue weighted by molar-refractivity contribution is 5.50. The number of hydrogen-bond donors (Lipinski definition) is 2. The molecule has 1 fully saturated rings. The van der Waals surface area contributed by atoms with Crippen LogP contribution in [0.1, 0.15) is 37.1 Å². The lowest BCUT2D eigenvalue weighted by Crippen LogP contribution is -2.32. The maximum Gasteiger partial charge on any atom is 0.253 e. The van der Waals surface area contributed by atoms with Crippen LogP contribution in [0.25, 0.3) is 12.0 Å². The molecule has 8 heteroatoms. The number of anilines is 1. The van der Waals surface area contributed by atoms with E-state index in [1.807, 2.05) is 0 Å². The van der Waals surface area contributed by atoms with Gasteiger partial charge in [0.05, 0.1) is 18.0 Å². The lowest BCUT2D eigenvalue weighted by Gasteiger charge is -2.29.